The minimum Gasteiger partial charge on any atom is -0.469 e. The molecule has 1 aromatic heterocycles. The van der Waals surface area contributed by atoms with E-state index < -0.39 is 0 Å². The Morgan fingerprint density at radius 2 is 1.41 bits per heavy atom. The maximum atomic E-state index is 7.07. The molecule has 5 aromatic rings. The van der Waals surface area contributed by atoms with Gasteiger partial charge in [-0.1, -0.05) is 70.0 Å². The molecule has 1 fully saturated rings. The van der Waals surface area contributed by atoms with E-state index >= 15 is 0 Å². The third-order valence-electron chi connectivity index (χ3n) is 12.6. The first-order valence-electron chi connectivity index (χ1n) is 19.6. The Bertz CT molecular complexity index is 2360. The summed E-state index contributed by atoms with van der Waals surface area (Å²) in [5, 5.41) is 0. The maximum Gasteiger partial charge on any atom is 0.217 e. The Balaban J connectivity index is 1.29. The highest BCUT2D eigenvalue weighted by Crippen LogP contribution is 2.54. The monoisotopic (exact) mass is 717 g/mol. The van der Waals surface area contributed by atoms with E-state index in [0.29, 0.717) is 5.90 Å². The molecule has 0 radical (unpaired) electrons. The van der Waals surface area contributed by atoms with Gasteiger partial charge in [0.05, 0.1) is 11.4 Å². The van der Waals surface area contributed by atoms with Crippen LogP contribution in [-0.4, -0.2) is 22.0 Å². The Morgan fingerprint density at radius 1 is 0.704 bits per heavy atom. The van der Waals surface area contributed by atoms with Crippen LogP contribution in [0.15, 0.2) is 84.0 Å². The Hall–Kier alpha value is -4.90. The van der Waals surface area contributed by atoms with Crippen LogP contribution in [0.5, 0.6) is 11.5 Å². The third-order valence-corrected chi connectivity index (χ3v) is 12.6. The molecule has 278 valence electrons. The minimum absolute atomic E-state index is 0.0229. The van der Waals surface area contributed by atoms with Gasteiger partial charge in [0.25, 0.3) is 0 Å². The average Bonchev–Trinajstić information content (AvgIpc) is 3.52. The summed E-state index contributed by atoms with van der Waals surface area (Å²) in [4.78, 5) is 12.6. The molecular formula is C49H55N3O2. The van der Waals surface area contributed by atoms with E-state index in [4.69, 9.17) is 19.5 Å². The third kappa shape index (κ3) is 5.82. The van der Waals surface area contributed by atoms with E-state index in [0.717, 1.165) is 64.6 Å². The maximum absolute atomic E-state index is 7.07. The predicted molar refractivity (Wildman–Crippen MR) is 224 cm³/mol. The molecule has 5 heteroatoms. The lowest BCUT2D eigenvalue weighted by Crippen LogP contribution is -2.41. The number of ether oxygens (including phenoxy) is 2. The number of aryl methyl sites for hydroxylation is 5. The van der Waals surface area contributed by atoms with Crippen LogP contribution >= 0.6 is 0 Å². The van der Waals surface area contributed by atoms with Crippen molar-refractivity contribution < 1.29 is 9.47 Å². The van der Waals surface area contributed by atoms with Crippen molar-refractivity contribution in [3.8, 4) is 22.6 Å². The number of aliphatic imine (C=N–C) groups is 1. The Labute approximate surface area is 322 Å². The largest absolute Gasteiger partial charge is 0.469 e. The number of hydrogen-bond acceptors (Lipinski definition) is 5. The highest BCUT2D eigenvalue weighted by atomic mass is 16.5. The normalized spacial score (nSPS) is 21.3. The second kappa shape index (κ2) is 12.3. The number of fused-ring (bicyclic) bond motifs is 3. The van der Waals surface area contributed by atoms with E-state index in [1.807, 2.05) is 6.20 Å². The van der Waals surface area contributed by atoms with Gasteiger partial charge in [0.2, 0.25) is 5.90 Å². The lowest BCUT2D eigenvalue weighted by molar-refractivity contribution is 0.0580. The lowest BCUT2D eigenvalue weighted by atomic mass is 9.72. The molecule has 5 nitrogen and oxygen atoms in total. The molecular weight excluding hydrogens is 663 g/mol. The Morgan fingerprint density at radius 3 is 2.11 bits per heavy atom. The fourth-order valence-electron chi connectivity index (χ4n) is 9.26. The smallest absolute Gasteiger partial charge is 0.217 e. The van der Waals surface area contributed by atoms with Crippen molar-refractivity contribution >= 4 is 23.1 Å². The summed E-state index contributed by atoms with van der Waals surface area (Å²) >= 11 is 0. The molecule has 0 N–H and O–H groups in total. The zero-order valence-electron chi connectivity index (χ0n) is 34.3. The van der Waals surface area contributed by atoms with E-state index in [1.165, 1.54) is 44.5 Å². The fraction of sp³-hybridized carbons (Fsp3) is 0.388. The van der Waals surface area contributed by atoms with Crippen LogP contribution in [0.1, 0.15) is 118 Å². The fourth-order valence-corrected chi connectivity index (χ4v) is 9.26. The summed E-state index contributed by atoms with van der Waals surface area (Å²) in [7, 11) is 0. The lowest BCUT2D eigenvalue weighted by Gasteiger charge is -2.42. The zero-order chi connectivity index (χ0) is 38.5. The van der Waals surface area contributed by atoms with Crippen LogP contribution in [0.3, 0.4) is 0 Å². The second-order valence-electron chi connectivity index (χ2n) is 18.3. The van der Waals surface area contributed by atoms with Crippen LogP contribution in [0.25, 0.3) is 11.1 Å². The van der Waals surface area contributed by atoms with E-state index in [2.05, 4.69) is 161 Å². The van der Waals surface area contributed by atoms with Gasteiger partial charge >= 0.3 is 0 Å². The van der Waals surface area contributed by atoms with Crippen molar-refractivity contribution in [3.63, 3.8) is 0 Å². The molecule has 3 aliphatic rings. The van der Waals surface area contributed by atoms with Gasteiger partial charge in [-0.15, -0.1) is 0 Å². The van der Waals surface area contributed by atoms with Crippen molar-refractivity contribution in [3.05, 3.63) is 129 Å². The molecule has 0 amide bonds. The van der Waals surface area contributed by atoms with Crippen molar-refractivity contribution in [2.45, 2.75) is 124 Å². The van der Waals surface area contributed by atoms with Gasteiger partial charge in [-0.3, -0.25) is 4.90 Å². The highest BCUT2D eigenvalue weighted by Gasteiger charge is 2.55. The van der Waals surface area contributed by atoms with Crippen LogP contribution in [-0.2, 0) is 15.6 Å². The molecule has 54 heavy (non-hydrogen) atoms. The van der Waals surface area contributed by atoms with Gasteiger partial charge in [0.15, 0.2) is 0 Å². The molecule has 1 saturated carbocycles. The molecule has 0 bridgehead atoms. The number of nitrogens with zero attached hydrogens (tertiary/aromatic N) is 3. The molecule has 2 atom stereocenters. The van der Waals surface area contributed by atoms with Crippen molar-refractivity contribution in [1.29, 1.82) is 0 Å². The van der Waals surface area contributed by atoms with Crippen LogP contribution in [0, 0.1) is 34.6 Å². The number of anilines is 3. The standard InChI is InChI=1S/C49H55N3O2/c1-29-14-15-40-38(22-29)47(9,10)39-23-31(3)42(28-41(39)52(40)43-27-36(16-19-50-43)46(6,7)8)53-37-25-34(44-32(4)20-30(2)21-33(44)5)24-35(26-37)45-51-48(11)17-13-18-49(48,12)54-45/h14-16,19-28H,13,17-18H2,1-12H3/t48-,49+/m1/s1. The first-order valence-corrected chi connectivity index (χ1v) is 19.6. The SMILES string of the molecule is Cc1cc(C)c(-c2cc(Oc3cc4c(cc3C)C(C)(C)c3cc(C)ccc3N4c3cc(C(C)(C)C)ccn3)cc(C3=N[C@]4(C)CCC[C@]4(C)O3)c2)c(C)c1. The number of aromatic nitrogens is 1. The predicted octanol–water partition coefficient (Wildman–Crippen LogP) is 13.0. The van der Waals surface area contributed by atoms with Crippen molar-refractivity contribution in [2.75, 3.05) is 4.90 Å². The second-order valence-corrected chi connectivity index (χ2v) is 18.3. The first kappa shape index (κ1) is 36.1. The van der Waals surface area contributed by atoms with E-state index in [1.54, 1.807) is 0 Å². The first-order chi connectivity index (χ1) is 25.4. The van der Waals surface area contributed by atoms with Gasteiger partial charge < -0.3 is 9.47 Å². The van der Waals surface area contributed by atoms with Crippen molar-refractivity contribution in [2.24, 2.45) is 4.99 Å². The number of benzene rings is 4. The minimum atomic E-state index is -0.298. The molecule has 3 heterocycles. The zero-order valence-corrected chi connectivity index (χ0v) is 34.3. The quantitative estimate of drug-likeness (QED) is 0.182. The Kier molecular flexibility index (Phi) is 8.23. The molecule has 1 aliphatic carbocycles. The topological polar surface area (TPSA) is 47.0 Å². The average molecular weight is 718 g/mol. The molecule has 4 aromatic carbocycles. The molecule has 0 saturated heterocycles. The van der Waals surface area contributed by atoms with E-state index in [9.17, 15) is 0 Å². The molecule has 8 rings (SSSR count). The summed E-state index contributed by atoms with van der Waals surface area (Å²) in [6.45, 7) is 26.8. The summed E-state index contributed by atoms with van der Waals surface area (Å²) in [6.07, 6.45) is 5.11. The van der Waals surface area contributed by atoms with Crippen LogP contribution in [0.4, 0.5) is 17.2 Å². The van der Waals surface area contributed by atoms with Gasteiger partial charge in [-0.25, -0.2) is 9.98 Å². The summed E-state index contributed by atoms with van der Waals surface area (Å²) in [6, 6.07) is 26.8. The molecule has 2 aliphatic heterocycles. The summed E-state index contributed by atoms with van der Waals surface area (Å²) < 4.78 is 13.8. The van der Waals surface area contributed by atoms with Crippen molar-refractivity contribution in [1.82, 2.24) is 4.98 Å². The van der Waals surface area contributed by atoms with Gasteiger partial charge in [0.1, 0.15) is 28.5 Å². The molecule has 0 unspecified atom stereocenters. The number of rotatable bonds is 5. The van der Waals surface area contributed by atoms with Crippen LogP contribution in [0.2, 0.25) is 0 Å². The van der Waals surface area contributed by atoms with Crippen LogP contribution < -0.4 is 9.64 Å². The number of pyridine rings is 1. The van der Waals surface area contributed by atoms with Gasteiger partial charge in [-0.2, -0.15) is 0 Å². The van der Waals surface area contributed by atoms with E-state index in [-0.39, 0.29) is 22.0 Å². The van der Waals surface area contributed by atoms with Gasteiger partial charge in [0, 0.05) is 23.2 Å². The highest BCUT2D eigenvalue weighted by molar-refractivity contribution is 5.98. The number of hydrogen-bond donors (Lipinski definition) is 0. The molecule has 0 spiro atoms. The van der Waals surface area contributed by atoms with Gasteiger partial charge in [-0.05, 0) is 160 Å². The summed E-state index contributed by atoms with van der Waals surface area (Å²) in [5.41, 5.74) is 14.5. The summed E-state index contributed by atoms with van der Waals surface area (Å²) in [5.74, 6) is 3.18.